The van der Waals surface area contributed by atoms with Crippen LogP contribution < -0.4 is 0 Å². The summed E-state index contributed by atoms with van der Waals surface area (Å²) in [5.41, 5.74) is 0. The highest BCUT2D eigenvalue weighted by Crippen LogP contribution is 2.19. The number of allylic oxidation sites excluding steroid dienone is 4. The summed E-state index contributed by atoms with van der Waals surface area (Å²) >= 11 is 0. The lowest BCUT2D eigenvalue weighted by Crippen LogP contribution is -2.30. The molecule has 83 heavy (non-hydrogen) atoms. The van der Waals surface area contributed by atoms with E-state index in [0.717, 1.165) is 64.2 Å². The molecule has 0 spiro atoms. The number of esters is 3. The molecule has 0 fully saturated rings. The van der Waals surface area contributed by atoms with Crippen molar-refractivity contribution >= 4 is 17.9 Å². The summed E-state index contributed by atoms with van der Waals surface area (Å²) in [4.78, 5) is 38.4. The molecule has 0 aliphatic rings. The Morgan fingerprint density at radius 3 is 0.627 bits per heavy atom. The van der Waals surface area contributed by atoms with Crippen LogP contribution in [-0.2, 0) is 28.6 Å². The molecule has 0 rings (SSSR count). The van der Waals surface area contributed by atoms with Crippen molar-refractivity contribution in [2.24, 2.45) is 0 Å². The van der Waals surface area contributed by atoms with Crippen molar-refractivity contribution in [3.05, 3.63) is 24.3 Å². The quantitative estimate of drug-likeness (QED) is 0.0261. The van der Waals surface area contributed by atoms with Gasteiger partial charge >= 0.3 is 17.9 Å². The average Bonchev–Trinajstić information content (AvgIpc) is 3.49. The molecule has 0 saturated heterocycles. The minimum Gasteiger partial charge on any atom is -0.462 e. The molecule has 0 amide bonds. The summed E-state index contributed by atoms with van der Waals surface area (Å²) in [6, 6.07) is 0. The van der Waals surface area contributed by atoms with Gasteiger partial charge in [0.2, 0.25) is 0 Å². The third-order valence-electron chi connectivity index (χ3n) is 17.4. The first-order valence-corrected chi connectivity index (χ1v) is 37.8. The first-order chi connectivity index (χ1) is 41.0. The van der Waals surface area contributed by atoms with E-state index >= 15 is 0 Å². The summed E-state index contributed by atoms with van der Waals surface area (Å²) in [6.45, 7) is 6.69. The molecule has 0 aromatic heterocycles. The number of carbonyl (C=O) groups excluding carboxylic acids is 3. The zero-order chi connectivity index (χ0) is 59.9. The van der Waals surface area contributed by atoms with Crippen LogP contribution in [-0.4, -0.2) is 37.2 Å². The third-order valence-corrected chi connectivity index (χ3v) is 17.4. The Hall–Kier alpha value is -2.11. The summed E-state index contributed by atoms with van der Waals surface area (Å²) in [5, 5.41) is 0. The van der Waals surface area contributed by atoms with E-state index in [1.807, 2.05) is 0 Å². The monoisotopic (exact) mass is 1170 g/mol. The van der Waals surface area contributed by atoms with Crippen LogP contribution in [0.25, 0.3) is 0 Å². The molecule has 6 heteroatoms. The lowest BCUT2D eigenvalue weighted by atomic mass is 10.0. The highest BCUT2D eigenvalue weighted by atomic mass is 16.6. The van der Waals surface area contributed by atoms with Gasteiger partial charge in [0.25, 0.3) is 0 Å². The van der Waals surface area contributed by atoms with Gasteiger partial charge in [-0.15, -0.1) is 0 Å². The third kappa shape index (κ3) is 70.5. The lowest BCUT2D eigenvalue weighted by Gasteiger charge is -2.18. The van der Waals surface area contributed by atoms with Crippen LogP contribution in [0.15, 0.2) is 24.3 Å². The van der Waals surface area contributed by atoms with E-state index in [-0.39, 0.29) is 31.1 Å². The van der Waals surface area contributed by atoms with Crippen LogP contribution in [0.1, 0.15) is 432 Å². The van der Waals surface area contributed by atoms with Crippen molar-refractivity contribution in [1.82, 2.24) is 0 Å². The second kappa shape index (κ2) is 72.4. The van der Waals surface area contributed by atoms with Crippen LogP contribution in [0.5, 0.6) is 0 Å². The summed E-state index contributed by atoms with van der Waals surface area (Å²) in [7, 11) is 0. The topological polar surface area (TPSA) is 78.9 Å². The Balaban J connectivity index is 4.08. The van der Waals surface area contributed by atoms with E-state index in [2.05, 4.69) is 45.1 Å². The molecule has 1 unspecified atom stereocenters. The molecule has 0 N–H and O–H groups in total. The summed E-state index contributed by atoms with van der Waals surface area (Å²) in [6.07, 6.45) is 89.6. The van der Waals surface area contributed by atoms with Gasteiger partial charge < -0.3 is 14.2 Å². The second-order valence-corrected chi connectivity index (χ2v) is 25.9. The van der Waals surface area contributed by atoms with E-state index in [9.17, 15) is 14.4 Å². The predicted octanol–water partition coefficient (Wildman–Crippen LogP) is 26.1. The van der Waals surface area contributed by atoms with Gasteiger partial charge in [0, 0.05) is 19.3 Å². The number of ether oxygens (including phenoxy) is 3. The normalized spacial score (nSPS) is 12.1. The van der Waals surface area contributed by atoms with E-state index in [4.69, 9.17) is 14.2 Å². The maximum atomic E-state index is 12.9. The van der Waals surface area contributed by atoms with Crippen molar-refractivity contribution in [1.29, 1.82) is 0 Å². The Labute approximate surface area is 519 Å². The minimum atomic E-state index is -0.771. The van der Waals surface area contributed by atoms with Crippen molar-refractivity contribution in [2.75, 3.05) is 13.2 Å². The van der Waals surface area contributed by atoms with Crippen molar-refractivity contribution in [2.45, 2.75) is 438 Å². The van der Waals surface area contributed by atoms with Crippen LogP contribution in [0.3, 0.4) is 0 Å². The van der Waals surface area contributed by atoms with Crippen molar-refractivity contribution in [3.63, 3.8) is 0 Å². The van der Waals surface area contributed by atoms with Gasteiger partial charge in [-0.05, 0) is 70.6 Å². The van der Waals surface area contributed by atoms with Gasteiger partial charge in [-0.2, -0.15) is 0 Å². The van der Waals surface area contributed by atoms with Gasteiger partial charge in [0.1, 0.15) is 13.2 Å². The maximum absolute atomic E-state index is 12.9. The fourth-order valence-corrected chi connectivity index (χ4v) is 11.7. The molecule has 6 nitrogen and oxygen atoms in total. The molecule has 490 valence electrons. The minimum absolute atomic E-state index is 0.0670. The zero-order valence-electron chi connectivity index (χ0n) is 56.5. The molecule has 0 heterocycles. The number of hydrogen-bond donors (Lipinski definition) is 0. The molecular weight excluding hydrogens is 1020 g/mol. The smallest absolute Gasteiger partial charge is 0.306 e. The molecule has 0 aromatic carbocycles. The second-order valence-electron chi connectivity index (χ2n) is 25.9. The fraction of sp³-hybridized carbons (Fsp3) is 0.909. The maximum Gasteiger partial charge on any atom is 0.306 e. The molecule has 0 aromatic rings. The van der Waals surface area contributed by atoms with Gasteiger partial charge in [0.15, 0.2) is 6.10 Å². The number of rotatable bonds is 71. The van der Waals surface area contributed by atoms with Gasteiger partial charge in [0.05, 0.1) is 0 Å². The first kappa shape index (κ1) is 80.9. The summed E-state index contributed by atoms with van der Waals surface area (Å²) in [5.74, 6) is -0.843. The Bertz CT molecular complexity index is 1340. The Morgan fingerprint density at radius 2 is 0.398 bits per heavy atom. The Kier molecular flexibility index (Phi) is 70.5. The van der Waals surface area contributed by atoms with Crippen molar-refractivity contribution in [3.8, 4) is 0 Å². The number of unbranched alkanes of at least 4 members (excludes halogenated alkanes) is 56. The van der Waals surface area contributed by atoms with Gasteiger partial charge in [-0.3, -0.25) is 14.4 Å². The van der Waals surface area contributed by atoms with Gasteiger partial charge in [-0.1, -0.05) is 366 Å². The van der Waals surface area contributed by atoms with Crippen LogP contribution in [0.4, 0.5) is 0 Å². The van der Waals surface area contributed by atoms with E-state index < -0.39 is 6.10 Å². The molecule has 1 atom stereocenters. The molecule has 0 bridgehead atoms. The predicted molar refractivity (Wildman–Crippen MR) is 363 cm³/mol. The van der Waals surface area contributed by atoms with Crippen LogP contribution >= 0.6 is 0 Å². The Morgan fingerprint density at radius 1 is 0.229 bits per heavy atom. The van der Waals surface area contributed by atoms with Crippen LogP contribution in [0.2, 0.25) is 0 Å². The molecule has 0 radical (unpaired) electrons. The molecule has 0 aliphatic carbocycles. The van der Waals surface area contributed by atoms with E-state index in [1.54, 1.807) is 0 Å². The highest BCUT2D eigenvalue weighted by molar-refractivity contribution is 5.71. The van der Waals surface area contributed by atoms with E-state index in [0.29, 0.717) is 19.3 Å². The van der Waals surface area contributed by atoms with Crippen molar-refractivity contribution < 1.29 is 28.6 Å². The van der Waals surface area contributed by atoms with E-state index in [1.165, 1.54) is 327 Å². The number of carbonyl (C=O) groups is 3. The molecule has 0 aliphatic heterocycles. The zero-order valence-corrected chi connectivity index (χ0v) is 56.5. The molecular formula is C77H146O6. The SMILES string of the molecule is CCCCC/C=C\CCCCCCCC(=O)OCC(COC(=O)CCCCCCCCCCCCCCCCCCCCCCC/C=C\CCCCCCCCCC)OC(=O)CCCCCCCCCCCCCCCCCCCCCC. The average molecular weight is 1170 g/mol. The summed E-state index contributed by atoms with van der Waals surface area (Å²) < 4.78 is 17.0. The standard InChI is InChI=1S/C77H146O6/c1-4-7-10-13-16-19-22-25-27-29-31-33-34-35-36-37-38-39-40-41-42-43-44-45-47-48-50-52-55-58-61-64-67-70-76(79)82-73-74(72-81-75(78)69-66-63-60-57-54-24-21-18-15-12-9-6-3)83-77(80)71-68-65-62-59-56-53-51-49-46-32-30-28-26-23-20-17-14-11-8-5-2/h18,21,29,31,74H,4-17,19-20,22-28,30,32-73H2,1-3H3/b21-18-,31-29-. The fourth-order valence-electron chi connectivity index (χ4n) is 11.7. The van der Waals surface area contributed by atoms with Gasteiger partial charge in [-0.25, -0.2) is 0 Å². The first-order valence-electron chi connectivity index (χ1n) is 37.8. The van der Waals surface area contributed by atoms with Crippen LogP contribution in [0, 0.1) is 0 Å². The number of hydrogen-bond acceptors (Lipinski definition) is 6. The molecule has 0 saturated carbocycles. The largest absolute Gasteiger partial charge is 0.462 e. The highest BCUT2D eigenvalue weighted by Gasteiger charge is 2.20. The lowest BCUT2D eigenvalue weighted by molar-refractivity contribution is -0.167.